The lowest BCUT2D eigenvalue weighted by atomic mass is 9.93. The molecule has 0 saturated carbocycles. The Kier molecular flexibility index (Phi) is 6.10. The summed E-state index contributed by atoms with van der Waals surface area (Å²) in [7, 11) is 6.09. The standard InChI is InChI=1S/C26H32N6O2/c1-30(2)10-11-31(3)23-14-20(25-19(8-9-28-25)24(23)26(27)33)17-6-7-22-21(13-17)29-16-32(22)18-5-4-12-34-15-18/h6-7,9,13-14,16,18H,4-5,8,10-12,15H2,1-3H3,(H2,27,33). The van der Waals surface area contributed by atoms with Gasteiger partial charge in [-0.1, -0.05) is 6.07 Å². The maximum absolute atomic E-state index is 12.5. The minimum Gasteiger partial charge on any atom is -0.379 e. The minimum atomic E-state index is -0.413. The highest BCUT2D eigenvalue weighted by Crippen LogP contribution is 2.43. The van der Waals surface area contributed by atoms with Crippen LogP contribution >= 0.6 is 0 Å². The largest absolute Gasteiger partial charge is 0.379 e. The molecule has 1 fully saturated rings. The highest BCUT2D eigenvalue weighted by Gasteiger charge is 2.26. The van der Waals surface area contributed by atoms with Gasteiger partial charge in [-0.15, -0.1) is 0 Å². The molecule has 1 atom stereocenters. The number of hydrogen-bond donors (Lipinski definition) is 1. The van der Waals surface area contributed by atoms with Crippen molar-refractivity contribution in [3.05, 3.63) is 41.7 Å². The molecule has 0 spiro atoms. The number of anilines is 1. The molecule has 8 heteroatoms. The van der Waals surface area contributed by atoms with Crippen LogP contribution in [-0.2, 0) is 11.2 Å². The number of carbonyl (C=O) groups excluding carboxylic acids is 1. The zero-order valence-electron chi connectivity index (χ0n) is 20.1. The molecule has 2 aromatic carbocycles. The van der Waals surface area contributed by atoms with Gasteiger partial charge in [0.15, 0.2) is 0 Å². The Balaban J connectivity index is 1.59. The van der Waals surface area contributed by atoms with E-state index in [0.717, 1.165) is 78.2 Å². The first kappa shape index (κ1) is 22.6. The SMILES string of the molecule is CN(C)CCN(C)c1cc(-c2ccc3c(c2)ncn3C2CCCOC2)c2c(c1C(N)=O)CC=N2. The Morgan fingerprint density at radius 1 is 1.24 bits per heavy atom. The summed E-state index contributed by atoms with van der Waals surface area (Å²) in [5.74, 6) is -0.413. The molecular formula is C26H32N6O2. The van der Waals surface area contributed by atoms with Crippen LogP contribution in [0, 0.1) is 0 Å². The third-order valence-corrected chi connectivity index (χ3v) is 6.85. The summed E-state index contributed by atoms with van der Waals surface area (Å²) in [4.78, 5) is 26.1. The molecule has 0 aliphatic carbocycles. The maximum Gasteiger partial charge on any atom is 0.251 e. The fourth-order valence-electron chi connectivity index (χ4n) is 4.99. The minimum absolute atomic E-state index is 0.324. The molecule has 3 heterocycles. The Morgan fingerprint density at radius 2 is 2.09 bits per heavy atom. The van der Waals surface area contributed by atoms with Crippen LogP contribution in [0.5, 0.6) is 0 Å². The van der Waals surface area contributed by atoms with E-state index in [0.29, 0.717) is 18.0 Å². The van der Waals surface area contributed by atoms with Gasteiger partial charge in [0.05, 0.1) is 46.9 Å². The normalized spacial score (nSPS) is 17.5. The quantitative estimate of drug-likeness (QED) is 0.584. The summed E-state index contributed by atoms with van der Waals surface area (Å²) in [6, 6.07) is 8.76. The average Bonchev–Trinajstić information content (AvgIpc) is 3.48. The number of fused-ring (bicyclic) bond motifs is 2. The van der Waals surface area contributed by atoms with Crippen LogP contribution in [-0.4, -0.2) is 74.0 Å². The van der Waals surface area contributed by atoms with Crippen LogP contribution in [0.3, 0.4) is 0 Å². The van der Waals surface area contributed by atoms with Crippen LogP contribution in [0.1, 0.15) is 34.8 Å². The number of nitrogens with zero attached hydrogens (tertiary/aromatic N) is 5. The predicted octanol–water partition coefficient (Wildman–Crippen LogP) is 3.41. The van der Waals surface area contributed by atoms with Crippen molar-refractivity contribution in [1.29, 1.82) is 0 Å². The highest BCUT2D eigenvalue weighted by molar-refractivity contribution is 6.06. The topological polar surface area (TPSA) is 89.0 Å². The Bertz CT molecular complexity index is 1260. The van der Waals surface area contributed by atoms with Crippen molar-refractivity contribution in [2.45, 2.75) is 25.3 Å². The molecule has 178 valence electrons. The van der Waals surface area contributed by atoms with E-state index in [2.05, 4.69) is 43.6 Å². The van der Waals surface area contributed by atoms with Crippen molar-refractivity contribution in [3.8, 4) is 11.1 Å². The van der Waals surface area contributed by atoms with Crippen LogP contribution in [0.25, 0.3) is 22.2 Å². The van der Waals surface area contributed by atoms with Gasteiger partial charge in [0, 0.05) is 44.9 Å². The molecule has 34 heavy (non-hydrogen) atoms. The third-order valence-electron chi connectivity index (χ3n) is 6.85. The van der Waals surface area contributed by atoms with Gasteiger partial charge in [0.25, 0.3) is 5.91 Å². The number of benzene rings is 2. The number of nitrogens with two attached hydrogens (primary N) is 1. The van der Waals surface area contributed by atoms with Crippen molar-refractivity contribution < 1.29 is 9.53 Å². The first-order valence-electron chi connectivity index (χ1n) is 11.9. The van der Waals surface area contributed by atoms with Gasteiger partial charge in [-0.2, -0.15) is 0 Å². The number of aliphatic imine (C=N–C) groups is 1. The molecule has 2 aliphatic heterocycles. The Hall–Kier alpha value is -3.23. The molecule has 1 unspecified atom stereocenters. The van der Waals surface area contributed by atoms with E-state index in [4.69, 9.17) is 15.5 Å². The van der Waals surface area contributed by atoms with E-state index in [9.17, 15) is 4.79 Å². The van der Waals surface area contributed by atoms with E-state index >= 15 is 0 Å². The van der Waals surface area contributed by atoms with Crippen LogP contribution in [0.15, 0.2) is 35.6 Å². The Morgan fingerprint density at radius 3 is 2.82 bits per heavy atom. The van der Waals surface area contributed by atoms with E-state index in [1.807, 2.05) is 33.7 Å². The number of likely N-dealkylation sites (N-methyl/N-ethyl adjacent to an activating group) is 2. The number of primary amides is 1. The molecule has 1 saturated heterocycles. The summed E-state index contributed by atoms with van der Waals surface area (Å²) in [5, 5.41) is 0. The van der Waals surface area contributed by atoms with E-state index in [1.165, 1.54) is 0 Å². The fourth-order valence-corrected chi connectivity index (χ4v) is 4.99. The number of imidazole rings is 1. The van der Waals surface area contributed by atoms with Crippen molar-refractivity contribution in [1.82, 2.24) is 14.5 Å². The molecule has 5 rings (SSSR count). The van der Waals surface area contributed by atoms with Gasteiger partial charge in [-0.05, 0) is 56.3 Å². The first-order chi connectivity index (χ1) is 16.4. The van der Waals surface area contributed by atoms with Crippen LogP contribution < -0.4 is 10.6 Å². The summed E-state index contributed by atoms with van der Waals surface area (Å²) >= 11 is 0. The molecule has 0 bridgehead atoms. The van der Waals surface area contributed by atoms with Gasteiger partial charge in [-0.25, -0.2) is 4.98 Å². The number of ether oxygens (including phenoxy) is 1. The highest BCUT2D eigenvalue weighted by atomic mass is 16.5. The van der Waals surface area contributed by atoms with Gasteiger partial charge >= 0.3 is 0 Å². The van der Waals surface area contributed by atoms with Crippen molar-refractivity contribution >= 4 is 34.5 Å². The molecule has 1 amide bonds. The number of hydrogen-bond acceptors (Lipinski definition) is 6. The number of amides is 1. The summed E-state index contributed by atoms with van der Waals surface area (Å²) < 4.78 is 7.92. The van der Waals surface area contributed by atoms with Gasteiger partial charge in [-0.3, -0.25) is 9.79 Å². The molecule has 2 aliphatic rings. The molecule has 8 nitrogen and oxygen atoms in total. The molecule has 0 radical (unpaired) electrons. The van der Waals surface area contributed by atoms with Gasteiger partial charge in [0.2, 0.25) is 0 Å². The summed E-state index contributed by atoms with van der Waals surface area (Å²) in [5.41, 5.74) is 13.1. The van der Waals surface area contributed by atoms with Crippen molar-refractivity contribution in [3.63, 3.8) is 0 Å². The summed E-state index contributed by atoms with van der Waals surface area (Å²) in [6.45, 7) is 3.21. The lowest BCUT2D eigenvalue weighted by Crippen LogP contribution is -2.30. The smallest absolute Gasteiger partial charge is 0.251 e. The Labute approximate surface area is 200 Å². The molecular weight excluding hydrogens is 428 g/mol. The molecule has 3 aromatic rings. The maximum atomic E-state index is 12.5. The third kappa shape index (κ3) is 4.08. The second-order valence-electron chi connectivity index (χ2n) is 9.48. The van der Waals surface area contributed by atoms with Crippen molar-refractivity contribution in [2.75, 3.05) is 52.3 Å². The van der Waals surface area contributed by atoms with Gasteiger partial charge < -0.3 is 24.8 Å². The van der Waals surface area contributed by atoms with E-state index in [1.54, 1.807) is 0 Å². The lowest BCUT2D eigenvalue weighted by molar-refractivity contribution is 0.0605. The van der Waals surface area contributed by atoms with Crippen LogP contribution in [0.4, 0.5) is 11.4 Å². The monoisotopic (exact) mass is 460 g/mol. The number of aromatic nitrogens is 2. The predicted molar refractivity (Wildman–Crippen MR) is 136 cm³/mol. The number of carbonyl (C=O) groups is 1. The van der Waals surface area contributed by atoms with E-state index < -0.39 is 5.91 Å². The average molecular weight is 461 g/mol. The van der Waals surface area contributed by atoms with Gasteiger partial charge in [0.1, 0.15) is 0 Å². The molecule has 2 N–H and O–H groups in total. The van der Waals surface area contributed by atoms with E-state index in [-0.39, 0.29) is 0 Å². The second kappa shape index (κ2) is 9.19. The van der Waals surface area contributed by atoms with Crippen LogP contribution in [0.2, 0.25) is 0 Å². The van der Waals surface area contributed by atoms with Crippen molar-refractivity contribution in [2.24, 2.45) is 10.7 Å². The molecule has 1 aromatic heterocycles. The zero-order valence-corrected chi connectivity index (χ0v) is 20.1. The first-order valence-corrected chi connectivity index (χ1v) is 11.9. The second-order valence-corrected chi connectivity index (χ2v) is 9.48. The zero-order chi connectivity index (χ0) is 23.8. The number of rotatable bonds is 7. The lowest BCUT2D eigenvalue weighted by Gasteiger charge is -2.26. The summed E-state index contributed by atoms with van der Waals surface area (Å²) in [6.07, 6.45) is 6.57. The fraction of sp³-hybridized carbons (Fsp3) is 0.423.